The van der Waals surface area contributed by atoms with Crippen molar-refractivity contribution in [3.8, 4) is 0 Å². The Balaban J connectivity index is 1.72. The first-order chi connectivity index (χ1) is 6.85. The fraction of sp³-hybridized carbons (Fsp3) is 0.700. The van der Waals surface area contributed by atoms with Crippen LogP contribution in [0.3, 0.4) is 0 Å². The van der Waals surface area contributed by atoms with Gasteiger partial charge in [0, 0.05) is 32.1 Å². The molecule has 0 atom stereocenters. The van der Waals surface area contributed by atoms with E-state index in [-0.39, 0.29) is 5.60 Å². The second-order valence-electron chi connectivity index (χ2n) is 3.93. The summed E-state index contributed by atoms with van der Waals surface area (Å²) in [6.07, 6.45) is 5.42. The predicted molar refractivity (Wildman–Crippen MR) is 53.9 cm³/mol. The SMILES string of the molecule is COC1(CNCc2ccn[nH]2)CCC1. The Morgan fingerprint density at radius 2 is 2.50 bits per heavy atom. The zero-order valence-electron chi connectivity index (χ0n) is 8.55. The van der Waals surface area contributed by atoms with E-state index in [1.165, 1.54) is 19.3 Å². The minimum atomic E-state index is 0.111. The molecule has 1 aliphatic carbocycles. The number of nitrogens with zero attached hydrogens (tertiary/aromatic N) is 1. The number of ether oxygens (including phenoxy) is 1. The van der Waals surface area contributed by atoms with E-state index in [4.69, 9.17) is 4.74 Å². The minimum absolute atomic E-state index is 0.111. The standard InChI is InChI=1S/C10H17N3O/c1-14-10(4-2-5-10)8-11-7-9-3-6-12-13-9/h3,6,11H,2,4-5,7-8H2,1H3,(H,12,13). The van der Waals surface area contributed by atoms with Crippen molar-refractivity contribution in [1.29, 1.82) is 0 Å². The number of rotatable bonds is 5. The number of aromatic nitrogens is 2. The Morgan fingerprint density at radius 1 is 1.64 bits per heavy atom. The van der Waals surface area contributed by atoms with Crippen LogP contribution in [-0.2, 0) is 11.3 Å². The molecule has 1 aliphatic rings. The third-order valence-electron chi connectivity index (χ3n) is 3.02. The molecule has 0 saturated heterocycles. The van der Waals surface area contributed by atoms with Gasteiger partial charge in [-0.05, 0) is 25.3 Å². The number of nitrogens with one attached hydrogen (secondary N) is 2. The number of methoxy groups -OCH3 is 1. The lowest BCUT2D eigenvalue weighted by atomic mass is 9.80. The van der Waals surface area contributed by atoms with E-state index in [1.54, 1.807) is 13.3 Å². The van der Waals surface area contributed by atoms with E-state index in [2.05, 4.69) is 15.5 Å². The van der Waals surface area contributed by atoms with Gasteiger partial charge in [-0.25, -0.2) is 0 Å². The molecule has 0 bridgehead atoms. The van der Waals surface area contributed by atoms with Crippen LogP contribution in [0.2, 0.25) is 0 Å². The van der Waals surface area contributed by atoms with E-state index in [1.807, 2.05) is 6.07 Å². The summed E-state index contributed by atoms with van der Waals surface area (Å²) in [5.41, 5.74) is 1.23. The van der Waals surface area contributed by atoms with Gasteiger partial charge >= 0.3 is 0 Å². The van der Waals surface area contributed by atoms with Crippen molar-refractivity contribution in [2.24, 2.45) is 0 Å². The molecule has 1 aromatic heterocycles. The summed E-state index contributed by atoms with van der Waals surface area (Å²) in [4.78, 5) is 0. The molecular weight excluding hydrogens is 178 g/mol. The smallest absolute Gasteiger partial charge is 0.0802 e. The fourth-order valence-corrected chi connectivity index (χ4v) is 1.83. The van der Waals surface area contributed by atoms with Crippen LogP contribution in [0.4, 0.5) is 0 Å². The maximum atomic E-state index is 5.50. The summed E-state index contributed by atoms with van der Waals surface area (Å²) in [6, 6.07) is 1.98. The topological polar surface area (TPSA) is 49.9 Å². The number of hydrogen-bond acceptors (Lipinski definition) is 3. The van der Waals surface area contributed by atoms with Crippen LogP contribution in [0.1, 0.15) is 25.0 Å². The summed E-state index contributed by atoms with van der Waals surface area (Å²) in [5, 5.41) is 10.2. The Kier molecular flexibility index (Phi) is 2.84. The molecule has 2 rings (SSSR count). The zero-order chi connectivity index (χ0) is 9.86. The van der Waals surface area contributed by atoms with Crippen LogP contribution in [0, 0.1) is 0 Å². The van der Waals surface area contributed by atoms with Crippen LogP contribution in [-0.4, -0.2) is 29.5 Å². The zero-order valence-corrected chi connectivity index (χ0v) is 8.55. The highest BCUT2D eigenvalue weighted by atomic mass is 16.5. The summed E-state index contributed by atoms with van der Waals surface area (Å²) in [5.74, 6) is 0. The maximum Gasteiger partial charge on any atom is 0.0802 e. The molecule has 0 spiro atoms. The van der Waals surface area contributed by atoms with Crippen LogP contribution in [0.5, 0.6) is 0 Å². The lowest BCUT2D eigenvalue weighted by molar-refractivity contribution is -0.0695. The molecule has 0 unspecified atom stereocenters. The number of H-pyrrole nitrogens is 1. The van der Waals surface area contributed by atoms with Gasteiger partial charge in [0.25, 0.3) is 0 Å². The summed E-state index contributed by atoms with van der Waals surface area (Å²) < 4.78 is 5.50. The lowest BCUT2D eigenvalue weighted by Gasteiger charge is -2.40. The van der Waals surface area contributed by atoms with Crippen molar-refractivity contribution in [1.82, 2.24) is 15.5 Å². The van der Waals surface area contributed by atoms with E-state index in [0.717, 1.165) is 18.8 Å². The van der Waals surface area contributed by atoms with Gasteiger partial charge in [-0.3, -0.25) is 5.10 Å². The predicted octanol–water partition coefficient (Wildman–Crippen LogP) is 1.07. The Bertz CT molecular complexity index is 261. The molecule has 1 heterocycles. The van der Waals surface area contributed by atoms with Gasteiger partial charge in [0.05, 0.1) is 5.60 Å². The molecule has 0 amide bonds. The summed E-state index contributed by atoms with van der Waals surface area (Å²) in [7, 11) is 1.80. The van der Waals surface area contributed by atoms with Crippen molar-refractivity contribution in [2.45, 2.75) is 31.4 Å². The second kappa shape index (κ2) is 4.11. The van der Waals surface area contributed by atoms with Crippen molar-refractivity contribution >= 4 is 0 Å². The molecule has 1 saturated carbocycles. The van der Waals surface area contributed by atoms with Gasteiger partial charge in [-0.15, -0.1) is 0 Å². The van der Waals surface area contributed by atoms with Crippen molar-refractivity contribution in [3.63, 3.8) is 0 Å². The number of aromatic amines is 1. The van der Waals surface area contributed by atoms with Gasteiger partial charge in [0.2, 0.25) is 0 Å². The average Bonchev–Trinajstić information content (AvgIpc) is 2.62. The van der Waals surface area contributed by atoms with Gasteiger partial charge in [-0.1, -0.05) is 0 Å². The normalized spacial score (nSPS) is 19.2. The molecule has 78 valence electrons. The van der Waals surface area contributed by atoms with Crippen molar-refractivity contribution in [3.05, 3.63) is 18.0 Å². The lowest BCUT2D eigenvalue weighted by Crippen LogP contribution is -2.47. The van der Waals surface area contributed by atoms with E-state index in [9.17, 15) is 0 Å². The van der Waals surface area contributed by atoms with Crippen molar-refractivity contribution < 1.29 is 4.74 Å². The third kappa shape index (κ3) is 1.96. The fourth-order valence-electron chi connectivity index (χ4n) is 1.83. The number of hydrogen-bond donors (Lipinski definition) is 2. The largest absolute Gasteiger partial charge is 0.377 e. The van der Waals surface area contributed by atoms with E-state index >= 15 is 0 Å². The summed E-state index contributed by atoms with van der Waals surface area (Å²) in [6.45, 7) is 1.77. The van der Waals surface area contributed by atoms with E-state index < -0.39 is 0 Å². The Labute approximate surface area is 84.0 Å². The van der Waals surface area contributed by atoms with Crippen LogP contribution < -0.4 is 5.32 Å². The molecule has 4 heteroatoms. The first kappa shape index (κ1) is 9.68. The highest BCUT2D eigenvalue weighted by Gasteiger charge is 2.36. The van der Waals surface area contributed by atoms with Gasteiger partial charge < -0.3 is 10.1 Å². The van der Waals surface area contributed by atoms with Gasteiger partial charge in [-0.2, -0.15) is 5.10 Å². The van der Waals surface area contributed by atoms with Gasteiger partial charge in [0.15, 0.2) is 0 Å². The monoisotopic (exact) mass is 195 g/mol. The molecule has 0 aliphatic heterocycles. The van der Waals surface area contributed by atoms with Crippen LogP contribution >= 0.6 is 0 Å². The van der Waals surface area contributed by atoms with Crippen LogP contribution in [0.15, 0.2) is 12.3 Å². The van der Waals surface area contributed by atoms with Gasteiger partial charge in [0.1, 0.15) is 0 Å². The first-order valence-electron chi connectivity index (χ1n) is 5.09. The molecule has 0 aromatic carbocycles. The molecule has 14 heavy (non-hydrogen) atoms. The molecular formula is C10H17N3O. The average molecular weight is 195 g/mol. The minimum Gasteiger partial charge on any atom is -0.377 e. The molecule has 2 N–H and O–H groups in total. The molecule has 1 aromatic rings. The van der Waals surface area contributed by atoms with Crippen LogP contribution in [0.25, 0.3) is 0 Å². The highest BCUT2D eigenvalue weighted by Crippen LogP contribution is 2.34. The second-order valence-corrected chi connectivity index (χ2v) is 3.93. The Hall–Kier alpha value is -0.870. The Morgan fingerprint density at radius 3 is 3.00 bits per heavy atom. The molecule has 1 fully saturated rings. The summed E-state index contributed by atoms with van der Waals surface area (Å²) >= 11 is 0. The maximum absolute atomic E-state index is 5.50. The van der Waals surface area contributed by atoms with E-state index in [0.29, 0.717) is 0 Å². The molecule has 0 radical (unpaired) electrons. The molecule has 4 nitrogen and oxygen atoms in total. The van der Waals surface area contributed by atoms with Crippen molar-refractivity contribution in [2.75, 3.05) is 13.7 Å². The highest BCUT2D eigenvalue weighted by molar-refractivity contribution is 4.98. The first-order valence-corrected chi connectivity index (χ1v) is 5.09. The third-order valence-corrected chi connectivity index (χ3v) is 3.02. The quantitative estimate of drug-likeness (QED) is 0.739.